The quantitative estimate of drug-likeness (QED) is 0.745. The van der Waals surface area contributed by atoms with E-state index >= 15 is 0 Å². The van der Waals surface area contributed by atoms with E-state index in [0.717, 1.165) is 55.7 Å². The van der Waals surface area contributed by atoms with Crippen LogP contribution < -0.4 is 0 Å². The number of hydrogen-bond donors (Lipinski definition) is 1. The van der Waals surface area contributed by atoms with Gasteiger partial charge in [-0.15, -0.1) is 0 Å². The van der Waals surface area contributed by atoms with Crippen molar-refractivity contribution in [1.82, 2.24) is 20.0 Å². The number of benzene rings is 1. The second-order valence-corrected chi connectivity index (χ2v) is 10.4. The van der Waals surface area contributed by atoms with Crippen molar-refractivity contribution >= 4 is 5.91 Å². The molecule has 1 aromatic heterocycles. The Morgan fingerprint density at radius 1 is 1.19 bits per heavy atom. The van der Waals surface area contributed by atoms with Gasteiger partial charge in [0.05, 0.1) is 5.69 Å². The molecule has 2 aromatic rings. The minimum atomic E-state index is -0.789. The third kappa shape index (κ3) is 4.58. The van der Waals surface area contributed by atoms with Crippen LogP contribution in [-0.4, -0.2) is 52.1 Å². The zero-order chi connectivity index (χ0) is 23.0. The average molecular weight is 445 g/mol. The summed E-state index contributed by atoms with van der Waals surface area (Å²) in [5.41, 5.74) is 4.23. The van der Waals surface area contributed by atoms with Gasteiger partial charge in [0, 0.05) is 38.3 Å². The summed E-state index contributed by atoms with van der Waals surface area (Å²) < 4.78 is 27.9. The summed E-state index contributed by atoms with van der Waals surface area (Å²) in [6.07, 6.45) is 2.78. The maximum atomic E-state index is 14.2. The number of carbonyl (C=O) groups excluding carboxylic acids is 1. The zero-order valence-corrected chi connectivity index (χ0v) is 19.6. The van der Waals surface area contributed by atoms with Gasteiger partial charge in [-0.3, -0.25) is 14.8 Å². The van der Waals surface area contributed by atoms with Gasteiger partial charge in [-0.2, -0.15) is 5.10 Å². The van der Waals surface area contributed by atoms with Gasteiger partial charge in [-0.05, 0) is 54.2 Å². The molecular weight excluding hydrogens is 410 g/mol. The van der Waals surface area contributed by atoms with E-state index in [1.165, 1.54) is 6.07 Å². The smallest absolute Gasteiger partial charge is 0.274 e. The van der Waals surface area contributed by atoms with Gasteiger partial charge in [-0.25, -0.2) is 8.78 Å². The van der Waals surface area contributed by atoms with Gasteiger partial charge in [0.2, 0.25) is 0 Å². The van der Waals surface area contributed by atoms with E-state index in [1.807, 2.05) is 11.8 Å². The molecular formula is C25H34F2N4O. The molecule has 1 aromatic carbocycles. The van der Waals surface area contributed by atoms with Crippen LogP contribution in [0.5, 0.6) is 0 Å². The van der Waals surface area contributed by atoms with Crippen LogP contribution in [0.3, 0.4) is 0 Å². The summed E-state index contributed by atoms with van der Waals surface area (Å²) >= 11 is 0. The van der Waals surface area contributed by atoms with Crippen LogP contribution in [0, 0.1) is 17.0 Å². The van der Waals surface area contributed by atoms with E-state index in [9.17, 15) is 13.6 Å². The van der Waals surface area contributed by atoms with Crippen molar-refractivity contribution in [1.29, 1.82) is 0 Å². The fourth-order valence-electron chi connectivity index (χ4n) is 5.25. The van der Waals surface area contributed by atoms with Crippen molar-refractivity contribution in [2.24, 2.45) is 5.41 Å². The van der Waals surface area contributed by atoms with Crippen LogP contribution >= 0.6 is 0 Å². The average Bonchev–Trinajstić information content (AvgIpc) is 3.17. The fraction of sp³-hybridized carbons (Fsp3) is 0.600. The molecule has 3 heterocycles. The molecule has 0 spiro atoms. The van der Waals surface area contributed by atoms with E-state index < -0.39 is 11.6 Å². The molecule has 1 fully saturated rings. The SMILES string of the molecule is CCc1c(C2CCN(C(=O)c3n[nH]c4c3CCN(CC(C)(C)C)C4)CC2)ccc(F)c1F. The molecule has 1 amide bonds. The van der Waals surface area contributed by atoms with E-state index in [2.05, 4.69) is 35.9 Å². The highest BCUT2D eigenvalue weighted by atomic mass is 19.2. The zero-order valence-electron chi connectivity index (χ0n) is 19.6. The molecule has 2 aliphatic rings. The number of aromatic amines is 1. The molecule has 0 saturated carbocycles. The van der Waals surface area contributed by atoms with Gasteiger partial charge >= 0.3 is 0 Å². The molecule has 0 bridgehead atoms. The summed E-state index contributed by atoms with van der Waals surface area (Å²) in [5.74, 6) is -1.40. The lowest BCUT2D eigenvalue weighted by molar-refractivity contribution is 0.0704. The highest BCUT2D eigenvalue weighted by Gasteiger charge is 2.32. The predicted molar refractivity (Wildman–Crippen MR) is 121 cm³/mol. The van der Waals surface area contributed by atoms with E-state index in [0.29, 0.717) is 30.8 Å². The molecule has 5 nitrogen and oxygen atoms in total. The lowest BCUT2D eigenvalue weighted by Gasteiger charge is -2.34. The standard InChI is InChI=1S/C25H34F2N4O/c1-5-17-18(6-7-20(26)22(17)27)16-8-12-31(13-9-16)24(32)23-19-10-11-30(15-25(2,3)4)14-21(19)28-29-23/h6-7,16H,5,8-15H2,1-4H3,(H,28,29). The monoisotopic (exact) mass is 444 g/mol. The number of rotatable bonds is 4. The summed E-state index contributed by atoms with van der Waals surface area (Å²) in [7, 11) is 0. The summed E-state index contributed by atoms with van der Waals surface area (Å²) in [4.78, 5) is 17.5. The molecule has 4 rings (SSSR count). The lowest BCUT2D eigenvalue weighted by atomic mass is 9.85. The van der Waals surface area contributed by atoms with E-state index in [-0.39, 0.29) is 17.2 Å². The molecule has 2 aliphatic heterocycles. The first-order valence-electron chi connectivity index (χ1n) is 11.7. The Morgan fingerprint density at radius 2 is 1.91 bits per heavy atom. The number of nitrogens with zero attached hydrogens (tertiary/aromatic N) is 3. The maximum absolute atomic E-state index is 14.2. The van der Waals surface area contributed by atoms with Crippen molar-refractivity contribution in [3.8, 4) is 0 Å². The maximum Gasteiger partial charge on any atom is 0.274 e. The minimum absolute atomic E-state index is 0.0220. The second-order valence-electron chi connectivity index (χ2n) is 10.4. The number of H-pyrrole nitrogens is 1. The number of likely N-dealkylation sites (tertiary alicyclic amines) is 1. The minimum Gasteiger partial charge on any atom is -0.337 e. The number of halogens is 2. The Balaban J connectivity index is 1.42. The second kappa shape index (κ2) is 8.93. The summed E-state index contributed by atoms with van der Waals surface area (Å²) in [6.45, 7) is 12.5. The number of fused-ring (bicyclic) bond motifs is 1. The van der Waals surface area contributed by atoms with Gasteiger partial charge < -0.3 is 4.90 Å². The number of aromatic nitrogens is 2. The molecule has 174 valence electrons. The molecule has 0 atom stereocenters. The molecule has 0 unspecified atom stereocenters. The molecule has 0 aliphatic carbocycles. The first-order chi connectivity index (χ1) is 15.2. The van der Waals surface area contributed by atoms with E-state index in [4.69, 9.17) is 0 Å². The first kappa shape index (κ1) is 22.9. The normalized spacial score (nSPS) is 18.1. The molecule has 1 saturated heterocycles. The summed E-state index contributed by atoms with van der Waals surface area (Å²) in [5, 5.41) is 7.50. The molecule has 7 heteroatoms. The Kier molecular flexibility index (Phi) is 6.39. The Morgan fingerprint density at radius 3 is 2.56 bits per heavy atom. The van der Waals surface area contributed by atoms with Crippen LogP contribution in [0.15, 0.2) is 12.1 Å². The highest BCUT2D eigenvalue weighted by molar-refractivity contribution is 5.94. The van der Waals surface area contributed by atoms with E-state index in [1.54, 1.807) is 6.07 Å². The van der Waals surface area contributed by atoms with Crippen molar-refractivity contribution in [3.63, 3.8) is 0 Å². The van der Waals surface area contributed by atoms with Gasteiger partial charge in [0.15, 0.2) is 17.3 Å². The van der Waals surface area contributed by atoms with Crippen molar-refractivity contribution in [2.75, 3.05) is 26.2 Å². The van der Waals surface area contributed by atoms with Crippen molar-refractivity contribution in [3.05, 3.63) is 51.8 Å². The van der Waals surface area contributed by atoms with Crippen LogP contribution in [0.2, 0.25) is 0 Å². The number of amides is 1. The van der Waals surface area contributed by atoms with Crippen molar-refractivity contribution < 1.29 is 13.6 Å². The molecule has 1 N–H and O–H groups in total. The van der Waals surface area contributed by atoms with Crippen LogP contribution in [0.25, 0.3) is 0 Å². The van der Waals surface area contributed by atoms with Crippen LogP contribution in [0.1, 0.15) is 79.3 Å². The number of piperidine rings is 1. The molecule has 32 heavy (non-hydrogen) atoms. The highest BCUT2D eigenvalue weighted by Crippen LogP contribution is 2.33. The molecule has 0 radical (unpaired) electrons. The van der Waals surface area contributed by atoms with Crippen molar-refractivity contribution in [2.45, 2.75) is 65.8 Å². The van der Waals surface area contributed by atoms with Gasteiger partial charge in [-0.1, -0.05) is 33.8 Å². The van der Waals surface area contributed by atoms with Gasteiger partial charge in [0.1, 0.15) is 0 Å². The third-order valence-corrected chi connectivity index (χ3v) is 6.72. The largest absolute Gasteiger partial charge is 0.337 e. The van der Waals surface area contributed by atoms with Gasteiger partial charge in [0.25, 0.3) is 5.91 Å². The fourth-order valence-corrected chi connectivity index (χ4v) is 5.25. The predicted octanol–water partition coefficient (Wildman–Crippen LogP) is 4.67. The first-order valence-corrected chi connectivity index (χ1v) is 11.7. The third-order valence-electron chi connectivity index (χ3n) is 6.72. The summed E-state index contributed by atoms with van der Waals surface area (Å²) in [6, 6.07) is 2.94. The number of carbonyl (C=O) groups is 1. The van der Waals surface area contributed by atoms with Crippen LogP contribution in [-0.2, 0) is 19.4 Å². The number of hydrogen-bond acceptors (Lipinski definition) is 3. The Hall–Kier alpha value is -2.28. The number of nitrogens with one attached hydrogen (secondary N) is 1. The van der Waals surface area contributed by atoms with Crippen LogP contribution in [0.4, 0.5) is 8.78 Å². The topological polar surface area (TPSA) is 52.2 Å². The Bertz CT molecular complexity index is 987. The Labute approximate surface area is 189 Å². The lowest BCUT2D eigenvalue weighted by Crippen LogP contribution is -2.40.